The lowest BCUT2D eigenvalue weighted by atomic mass is 10.1. The van der Waals surface area contributed by atoms with Crippen molar-refractivity contribution in [3.05, 3.63) is 58.2 Å². The topological polar surface area (TPSA) is 99.2 Å². The van der Waals surface area contributed by atoms with E-state index in [1.54, 1.807) is 13.0 Å². The van der Waals surface area contributed by atoms with E-state index in [2.05, 4.69) is 0 Å². The number of esters is 2. The molecule has 0 fully saturated rings. The molecule has 33 heavy (non-hydrogen) atoms. The third kappa shape index (κ3) is 4.85. The van der Waals surface area contributed by atoms with E-state index in [1.165, 1.54) is 45.5 Å². The third-order valence-corrected chi connectivity index (χ3v) is 7.74. The Hall–Kier alpha value is -3.02. The van der Waals surface area contributed by atoms with Crippen LogP contribution >= 0.6 is 11.3 Å². The molecule has 0 aliphatic carbocycles. The molecular formula is C22H22FNO7S2. The lowest BCUT2D eigenvalue weighted by Crippen LogP contribution is -2.23. The smallest absolute Gasteiger partial charge is 0.348 e. The van der Waals surface area contributed by atoms with Crippen molar-refractivity contribution in [2.24, 2.45) is 0 Å². The van der Waals surface area contributed by atoms with Gasteiger partial charge >= 0.3 is 11.9 Å². The number of methoxy groups -OCH3 is 1. The second-order valence-corrected chi connectivity index (χ2v) is 10.1. The Morgan fingerprint density at radius 1 is 1.09 bits per heavy atom. The van der Waals surface area contributed by atoms with Crippen LogP contribution in [-0.4, -0.2) is 52.5 Å². The van der Waals surface area contributed by atoms with Crippen molar-refractivity contribution in [1.82, 2.24) is 4.31 Å². The molecule has 0 saturated heterocycles. The highest BCUT2D eigenvalue weighted by atomic mass is 32.2. The molecule has 0 amide bonds. The zero-order valence-electron chi connectivity index (χ0n) is 18.4. The van der Waals surface area contributed by atoms with E-state index in [-0.39, 0.29) is 38.6 Å². The molecule has 0 spiro atoms. The second-order valence-electron chi connectivity index (χ2n) is 6.97. The molecule has 1 heterocycles. The molecule has 0 bridgehead atoms. The molecule has 1 aromatic heterocycles. The summed E-state index contributed by atoms with van der Waals surface area (Å²) in [6.07, 6.45) is 0. The molecule has 0 saturated carbocycles. The van der Waals surface area contributed by atoms with Gasteiger partial charge in [-0.15, -0.1) is 11.3 Å². The van der Waals surface area contributed by atoms with Crippen LogP contribution in [0.2, 0.25) is 0 Å². The van der Waals surface area contributed by atoms with Gasteiger partial charge in [0.1, 0.15) is 27.9 Å². The standard InChI is InChI=1S/C22H22FNO7S2/c1-5-30-22(26)20-14(19-15(23)7-6-8-17(19)32-20)12-31-21(25)13-9-10-16(29-4)18(11-13)33(27,28)24(2)3/h6-11H,5,12H2,1-4H3. The van der Waals surface area contributed by atoms with Crippen LogP contribution in [0.1, 0.15) is 32.5 Å². The van der Waals surface area contributed by atoms with Crippen LogP contribution in [0.5, 0.6) is 5.75 Å². The number of benzene rings is 2. The van der Waals surface area contributed by atoms with Crippen LogP contribution in [0.4, 0.5) is 4.39 Å². The lowest BCUT2D eigenvalue weighted by Gasteiger charge is -2.15. The first-order valence-electron chi connectivity index (χ1n) is 9.76. The van der Waals surface area contributed by atoms with Gasteiger partial charge in [-0.2, -0.15) is 0 Å². The number of carbonyl (C=O) groups excluding carboxylic acids is 2. The summed E-state index contributed by atoms with van der Waals surface area (Å²) >= 11 is 1.04. The Labute approximate surface area is 194 Å². The van der Waals surface area contributed by atoms with Crippen LogP contribution in [-0.2, 0) is 26.1 Å². The number of carbonyl (C=O) groups is 2. The van der Waals surface area contributed by atoms with Gasteiger partial charge in [0.05, 0.1) is 19.3 Å². The Kier molecular flexibility index (Phi) is 7.35. The summed E-state index contributed by atoms with van der Waals surface area (Å²) in [5.41, 5.74) is 0.142. The SMILES string of the molecule is CCOC(=O)c1sc2cccc(F)c2c1COC(=O)c1ccc(OC)c(S(=O)(=O)N(C)C)c1. The third-order valence-electron chi connectivity index (χ3n) is 4.73. The molecule has 0 unspecified atom stereocenters. The highest BCUT2D eigenvalue weighted by molar-refractivity contribution is 7.89. The number of rotatable bonds is 8. The molecule has 0 radical (unpaired) electrons. The molecule has 8 nitrogen and oxygen atoms in total. The first-order valence-corrected chi connectivity index (χ1v) is 12.0. The predicted octanol–water partition coefficient (Wildman–Crippen LogP) is 3.83. The summed E-state index contributed by atoms with van der Waals surface area (Å²) in [4.78, 5) is 25.1. The highest BCUT2D eigenvalue weighted by Crippen LogP contribution is 2.35. The maximum absolute atomic E-state index is 14.5. The average molecular weight is 496 g/mol. The fraction of sp³-hybridized carbons (Fsp3) is 0.273. The van der Waals surface area contributed by atoms with Crippen LogP contribution < -0.4 is 4.74 Å². The zero-order valence-corrected chi connectivity index (χ0v) is 20.0. The molecule has 0 N–H and O–H groups in total. The molecule has 0 aliphatic rings. The maximum Gasteiger partial charge on any atom is 0.348 e. The normalized spacial score (nSPS) is 11.6. The van der Waals surface area contributed by atoms with Gasteiger partial charge in [0.15, 0.2) is 0 Å². The summed E-state index contributed by atoms with van der Waals surface area (Å²) in [6.45, 7) is 1.37. The minimum Gasteiger partial charge on any atom is -0.495 e. The maximum atomic E-state index is 14.5. The fourth-order valence-electron chi connectivity index (χ4n) is 3.09. The summed E-state index contributed by atoms with van der Waals surface area (Å²) in [5, 5.41) is 0.170. The Morgan fingerprint density at radius 2 is 1.82 bits per heavy atom. The van der Waals surface area contributed by atoms with Gasteiger partial charge in [0.25, 0.3) is 0 Å². The van der Waals surface area contributed by atoms with Gasteiger partial charge in [-0.05, 0) is 37.3 Å². The predicted molar refractivity (Wildman–Crippen MR) is 121 cm³/mol. The number of sulfonamides is 1. The summed E-state index contributed by atoms with van der Waals surface area (Å²) in [6, 6.07) is 8.26. The number of halogens is 1. The number of hydrogen-bond donors (Lipinski definition) is 0. The number of thiophene rings is 1. The van der Waals surface area contributed by atoms with Crippen molar-refractivity contribution in [3.63, 3.8) is 0 Å². The minimum atomic E-state index is -3.90. The van der Waals surface area contributed by atoms with Gasteiger partial charge in [0, 0.05) is 29.7 Å². The van der Waals surface area contributed by atoms with Crippen molar-refractivity contribution in [2.45, 2.75) is 18.4 Å². The number of hydrogen-bond acceptors (Lipinski definition) is 8. The second kappa shape index (κ2) is 9.86. The Bertz CT molecular complexity index is 1320. The van der Waals surface area contributed by atoms with E-state index in [1.807, 2.05) is 0 Å². The molecule has 176 valence electrons. The summed E-state index contributed by atoms with van der Waals surface area (Å²) in [7, 11) is 0.122. The Morgan fingerprint density at radius 3 is 2.45 bits per heavy atom. The minimum absolute atomic E-state index is 0.0473. The van der Waals surface area contributed by atoms with Crippen LogP contribution in [0.3, 0.4) is 0 Å². The van der Waals surface area contributed by atoms with Crippen LogP contribution in [0.15, 0.2) is 41.3 Å². The number of ether oxygens (including phenoxy) is 3. The van der Waals surface area contributed by atoms with E-state index in [0.29, 0.717) is 4.70 Å². The van der Waals surface area contributed by atoms with E-state index >= 15 is 0 Å². The molecule has 11 heteroatoms. The Balaban J connectivity index is 1.96. The monoisotopic (exact) mass is 495 g/mol. The number of nitrogens with zero attached hydrogens (tertiary/aromatic N) is 1. The van der Waals surface area contributed by atoms with Crippen molar-refractivity contribution >= 4 is 43.4 Å². The zero-order chi connectivity index (χ0) is 24.3. The van der Waals surface area contributed by atoms with E-state index in [9.17, 15) is 22.4 Å². The molecule has 0 atom stereocenters. The van der Waals surface area contributed by atoms with E-state index in [0.717, 1.165) is 21.7 Å². The van der Waals surface area contributed by atoms with Crippen LogP contribution in [0, 0.1) is 5.82 Å². The van der Waals surface area contributed by atoms with Crippen molar-refractivity contribution < 1.29 is 36.6 Å². The highest BCUT2D eigenvalue weighted by Gasteiger charge is 2.26. The quantitative estimate of drug-likeness (QED) is 0.438. The molecular weight excluding hydrogens is 473 g/mol. The van der Waals surface area contributed by atoms with Gasteiger partial charge in [-0.25, -0.2) is 26.7 Å². The van der Waals surface area contributed by atoms with E-state index < -0.39 is 34.4 Å². The van der Waals surface area contributed by atoms with Gasteiger partial charge < -0.3 is 14.2 Å². The number of fused-ring (bicyclic) bond motifs is 1. The average Bonchev–Trinajstić information content (AvgIpc) is 3.17. The van der Waals surface area contributed by atoms with E-state index in [4.69, 9.17) is 14.2 Å². The molecule has 3 aromatic rings. The van der Waals surface area contributed by atoms with Gasteiger partial charge in [0.2, 0.25) is 10.0 Å². The van der Waals surface area contributed by atoms with Gasteiger partial charge in [-0.1, -0.05) is 6.07 Å². The fourth-order valence-corrected chi connectivity index (χ4v) is 5.28. The van der Waals surface area contributed by atoms with Crippen molar-refractivity contribution in [2.75, 3.05) is 27.8 Å². The molecule has 2 aromatic carbocycles. The summed E-state index contributed by atoms with van der Waals surface area (Å²) < 4.78 is 56.7. The first-order chi connectivity index (χ1) is 15.6. The lowest BCUT2D eigenvalue weighted by molar-refractivity contribution is 0.0454. The van der Waals surface area contributed by atoms with Gasteiger partial charge in [-0.3, -0.25) is 0 Å². The summed E-state index contributed by atoms with van der Waals surface area (Å²) in [5.74, 6) is -1.99. The largest absolute Gasteiger partial charge is 0.495 e. The molecule has 3 rings (SSSR count). The first kappa shape index (κ1) is 24.6. The van der Waals surface area contributed by atoms with Crippen molar-refractivity contribution in [1.29, 1.82) is 0 Å². The van der Waals surface area contributed by atoms with Crippen LogP contribution in [0.25, 0.3) is 10.1 Å². The van der Waals surface area contributed by atoms with Crippen molar-refractivity contribution in [3.8, 4) is 5.75 Å². The molecule has 0 aliphatic heterocycles.